The maximum Gasteiger partial charge on any atom is 0.497 e. The van der Waals surface area contributed by atoms with Crippen LogP contribution in [0.3, 0.4) is 0 Å². The number of carbonyl (C=O) groups excluding carboxylic acids is 1. The average molecular weight is 328 g/mol. The molecule has 7 heteroatoms. The summed E-state index contributed by atoms with van der Waals surface area (Å²) in [5, 5.41) is 4.28. The molecule has 0 saturated carbocycles. The van der Waals surface area contributed by atoms with E-state index in [1.54, 1.807) is 23.0 Å². The molecule has 0 unspecified atom stereocenters. The molecular weight excluding hydrogens is 307 g/mol. The number of carbonyl (C=O) groups is 1. The number of hydrogen-bond acceptors (Lipinski definition) is 5. The van der Waals surface area contributed by atoms with E-state index in [4.69, 9.17) is 14.0 Å². The zero-order valence-electron chi connectivity index (χ0n) is 14.6. The van der Waals surface area contributed by atoms with Gasteiger partial charge in [0.2, 0.25) is 0 Å². The number of esters is 1. The molecule has 3 rings (SSSR count). The molecule has 0 bridgehead atoms. The van der Waals surface area contributed by atoms with Crippen molar-refractivity contribution in [2.75, 3.05) is 7.11 Å². The molecule has 24 heavy (non-hydrogen) atoms. The molecule has 0 radical (unpaired) electrons. The molecule has 6 nitrogen and oxygen atoms in total. The van der Waals surface area contributed by atoms with E-state index < -0.39 is 24.3 Å². The summed E-state index contributed by atoms with van der Waals surface area (Å²) in [7, 11) is 0.761. The fraction of sp³-hybridized carbons (Fsp3) is 0.412. The average Bonchev–Trinajstić information content (AvgIpc) is 3.12. The Morgan fingerprint density at radius 2 is 1.88 bits per heavy atom. The van der Waals surface area contributed by atoms with Crippen LogP contribution in [0.25, 0.3) is 5.69 Å². The summed E-state index contributed by atoms with van der Waals surface area (Å²) >= 11 is 0. The first-order valence-corrected chi connectivity index (χ1v) is 7.83. The largest absolute Gasteiger partial charge is 0.497 e. The van der Waals surface area contributed by atoms with Crippen molar-refractivity contribution in [2.24, 2.45) is 0 Å². The number of ether oxygens (including phenoxy) is 1. The predicted octanol–water partition coefficient (Wildman–Crippen LogP) is 1.96. The van der Waals surface area contributed by atoms with Gasteiger partial charge in [-0.15, -0.1) is 0 Å². The SMILES string of the molecule is COC(=O)c1ccc(-n2cccn2)c(B2OC(C)(C)C(C)(C)O2)c1. The van der Waals surface area contributed by atoms with Crippen LogP contribution >= 0.6 is 0 Å². The molecule has 1 aliphatic rings. The van der Waals surface area contributed by atoms with Gasteiger partial charge in [-0.1, -0.05) is 0 Å². The van der Waals surface area contributed by atoms with Crippen molar-refractivity contribution in [3.63, 3.8) is 0 Å². The third kappa shape index (κ3) is 2.74. The minimum atomic E-state index is -0.598. The Hall–Kier alpha value is -2.12. The van der Waals surface area contributed by atoms with Gasteiger partial charge in [0.15, 0.2) is 0 Å². The summed E-state index contributed by atoms with van der Waals surface area (Å²) < 4.78 is 18.8. The molecule has 2 aromatic rings. The van der Waals surface area contributed by atoms with Crippen molar-refractivity contribution in [1.29, 1.82) is 0 Å². The predicted molar refractivity (Wildman–Crippen MR) is 90.6 cm³/mol. The van der Waals surface area contributed by atoms with Gasteiger partial charge < -0.3 is 14.0 Å². The van der Waals surface area contributed by atoms with E-state index in [2.05, 4.69) is 5.10 Å². The van der Waals surface area contributed by atoms with Crippen LogP contribution in [0, 0.1) is 0 Å². The third-order valence-electron chi connectivity index (χ3n) is 4.71. The second-order valence-electron chi connectivity index (χ2n) is 6.80. The lowest BCUT2D eigenvalue weighted by Gasteiger charge is -2.32. The molecule has 1 aromatic heterocycles. The van der Waals surface area contributed by atoms with Crippen molar-refractivity contribution >= 4 is 18.6 Å². The Balaban J connectivity index is 2.09. The van der Waals surface area contributed by atoms with Crippen molar-refractivity contribution in [3.8, 4) is 5.69 Å². The highest BCUT2D eigenvalue weighted by Gasteiger charge is 2.52. The topological polar surface area (TPSA) is 62.6 Å². The fourth-order valence-electron chi connectivity index (χ4n) is 2.58. The van der Waals surface area contributed by atoms with Gasteiger partial charge in [0.25, 0.3) is 0 Å². The lowest BCUT2D eigenvalue weighted by Crippen LogP contribution is -2.41. The molecule has 0 amide bonds. The van der Waals surface area contributed by atoms with Gasteiger partial charge in [0.05, 0.1) is 29.6 Å². The lowest BCUT2D eigenvalue weighted by molar-refractivity contribution is 0.00578. The second kappa shape index (κ2) is 5.75. The summed E-state index contributed by atoms with van der Waals surface area (Å²) in [5.41, 5.74) is 1.03. The molecule has 2 heterocycles. The Morgan fingerprint density at radius 3 is 2.42 bits per heavy atom. The second-order valence-corrected chi connectivity index (χ2v) is 6.80. The highest BCUT2D eigenvalue weighted by molar-refractivity contribution is 6.63. The summed E-state index contributed by atoms with van der Waals surface area (Å²) in [6.45, 7) is 7.96. The molecule has 1 aliphatic heterocycles. The third-order valence-corrected chi connectivity index (χ3v) is 4.71. The normalized spacial score (nSPS) is 18.6. The molecule has 0 spiro atoms. The molecule has 1 aromatic carbocycles. The number of benzene rings is 1. The maximum absolute atomic E-state index is 11.9. The molecular formula is C17H21BN2O4. The quantitative estimate of drug-likeness (QED) is 0.637. The number of nitrogens with zero attached hydrogens (tertiary/aromatic N) is 2. The van der Waals surface area contributed by atoms with E-state index in [0.717, 1.165) is 11.2 Å². The van der Waals surface area contributed by atoms with Crippen molar-refractivity contribution in [3.05, 3.63) is 42.2 Å². The smallest absolute Gasteiger partial charge is 0.465 e. The van der Waals surface area contributed by atoms with Crippen LogP contribution in [-0.2, 0) is 14.0 Å². The fourth-order valence-corrected chi connectivity index (χ4v) is 2.58. The van der Waals surface area contributed by atoms with E-state index in [1.807, 2.05) is 46.0 Å². The van der Waals surface area contributed by atoms with E-state index in [9.17, 15) is 4.79 Å². The molecule has 0 atom stereocenters. The van der Waals surface area contributed by atoms with Crippen LogP contribution in [0.5, 0.6) is 0 Å². The van der Waals surface area contributed by atoms with E-state index >= 15 is 0 Å². The summed E-state index contributed by atoms with van der Waals surface area (Å²) in [6.07, 6.45) is 3.53. The van der Waals surface area contributed by atoms with E-state index in [0.29, 0.717) is 5.56 Å². The van der Waals surface area contributed by atoms with Crippen LogP contribution in [0.2, 0.25) is 0 Å². The minimum absolute atomic E-state index is 0.403. The van der Waals surface area contributed by atoms with Gasteiger partial charge in [-0.2, -0.15) is 5.10 Å². The van der Waals surface area contributed by atoms with Crippen LogP contribution < -0.4 is 5.46 Å². The Labute approximate surface area is 141 Å². The number of hydrogen-bond donors (Lipinski definition) is 0. The van der Waals surface area contributed by atoms with Crippen LogP contribution in [-0.4, -0.2) is 41.2 Å². The maximum atomic E-state index is 11.9. The van der Waals surface area contributed by atoms with Crippen molar-refractivity contribution in [2.45, 2.75) is 38.9 Å². The van der Waals surface area contributed by atoms with Crippen LogP contribution in [0.15, 0.2) is 36.7 Å². The first-order chi connectivity index (χ1) is 11.2. The van der Waals surface area contributed by atoms with Crippen LogP contribution in [0.4, 0.5) is 0 Å². The van der Waals surface area contributed by atoms with Crippen molar-refractivity contribution < 1.29 is 18.8 Å². The van der Waals surface area contributed by atoms with Gasteiger partial charge in [-0.05, 0) is 52.0 Å². The highest BCUT2D eigenvalue weighted by Crippen LogP contribution is 2.37. The minimum Gasteiger partial charge on any atom is -0.465 e. The highest BCUT2D eigenvalue weighted by atomic mass is 16.7. The first kappa shape index (κ1) is 16.7. The number of rotatable bonds is 3. The van der Waals surface area contributed by atoms with Crippen molar-refractivity contribution in [1.82, 2.24) is 9.78 Å². The Morgan fingerprint density at radius 1 is 1.21 bits per heavy atom. The molecule has 126 valence electrons. The Bertz CT molecular complexity index is 740. The molecule has 0 N–H and O–H groups in total. The molecule has 0 aliphatic carbocycles. The van der Waals surface area contributed by atoms with Gasteiger partial charge in [-0.25, -0.2) is 9.48 Å². The van der Waals surface area contributed by atoms with Crippen LogP contribution in [0.1, 0.15) is 38.1 Å². The Kier molecular flexibility index (Phi) is 4.01. The van der Waals surface area contributed by atoms with Gasteiger partial charge >= 0.3 is 13.1 Å². The van der Waals surface area contributed by atoms with Gasteiger partial charge in [-0.3, -0.25) is 0 Å². The zero-order chi connectivity index (χ0) is 17.5. The van der Waals surface area contributed by atoms with E-state index in [1.165, 1.54) is 7.11 Å². The number of aromatic nitrogens is 2. The monoisotopic (exact) mass is 328 g/mol. The summed E-state index contributed by atoms with van der Waals surface area (Å²) in [6, 6.07) is 7.10. The van der Waals surface area contributed by atoms with E-state index in [-0.39, 0.29) is 0 Å². The lowest BCUT2D eigenvalue weighted by atomic mass is 9.77. The zero-order valence-corrected chi connectivity index (χ0v) is 14.6. The first-order valence-electron chi connectivity index (χ1n) is 7.83. The number of methoxy groups -OCH3 is 1. The standard InChI is InChI=1S/C17H21BN2O4/c1-16(2)17(3,4)24-18(23-16)13-11-12(15(21)22-5)7-8-14(13)20-10-6-9-19-20/h6-11H,1-5H3. The van der Waals surface area contributed by atoms with Gasteiger partial charge in [0.1, 0.15) is 0 Å². The molecule has 1 saturated heterocycles. The van der Waals surface area contributed by atoms with Gasteiger partial charge in [0, 0.05) is 17.9 Å². The molecule has 1 fully saturated rings. The summed E-state index contributed by atoms with van der Waals surface area (Å²) in [4.78, 5) is 11.9. The summed E-state index contributed by atoms with van der Waals surface area (Å²) in [5.74, 6) is -0.403.